The minimum absolute atomic E-state index is 0.0228. The van der Waals surface area contributed by atoms with Crippen molar-refractivity contribution >= 4 is 33.6 Å². The molecule has 0 saturated heterocycles. The number of aromatic nitrogens is 5. The molecule has 0 radical (unpaired) electrons. The molecule has 0 aliphatic carbocycles. The molecule has 1 atom stereocenters. The number of aryl methyl sites for hydroxylation is 1. The summed E-state index contributed by atoms with van der Waals surface area (Å²) < 4.78 is 35.8. The molecule has 10 nitrogen and oxygen atoms in total. The van der Waals surface area contributed by atoms with Crippen LogP contribution in [0.2, 0.25) is 0 Å². The molecular weight excluding hydrogens is 550 g/mol. The molecule has 0 saturated carbocycles. The first kappa shape index (κ1) is 27.8. The van der Waals surface area contributed by atoms with E-state index in [2.05, 4.69) is 20.3 Å². The molecule has 4 N–H and O–H groups in total. The van der Waals surface area contributed by atoms with Crippen LogP contribution in [-0.2, 0) is 0 Å². The first-order chi connectivity index (χ1) is 19.5. The summed E-state index contributed by atoms with van der Waals surface area (Å²) in [6.07, 6.45) is 2.25. The molecule has 0 spiro atoms. The zero-order valence-electron chi connectivity index (χ0n) is 22.6. The Bertz CT molecular complexity index is 1850. The maximum atomic E-state index is 14.7. The van der Waals surface area contributed by atoms with Gasteiger partial charge in [0.15, 0.2) is 10.8 Å². The number of benzene rings is 1. The Hall–Kier alpha value is -4.78. The first-order valence-corrected chi connectivity index (χ1v) is 13.5. The number of hydrogen-bond donors (Lipinski definition) is 3. The van der Waals surface area contributed by atoms with Crippen molar-refractivity contribution in [2.24, 2.45) is 0 Å². The molecule has 41 heavy (non-hydrogen) atoms. The molecule has 0 fully saturated rings. The molecule has 13 heteroatoms. The van der Waals surface area contributed by atoms with E-state index >= 15 is 0 Å². The van der Waals surface area contributed by atoms with E-state index in [1.807, 2.05) is 5.38 Å². The van der Waals surface area contributed by atoms with Gasteiger partial charge in [-0.2, -0.15) is 0 Å². The van der Waals surface area contributed by atoms with E-state index in [0.717, 1.165) is 6.07 Å². The highest BCUT2D eigenvalue weighted by Crippen LogP contribution is 2.31. The number of pyridine rings is 1. The van der Waals surface area contributed by atoms with Crippen molar-refractivity contribution in [2.45, 2.75) is 39.8 Å². The maximum absolute atomic E-state index is 14.7. The van der Waals surface area contributed by atoms with E-state index in [1.165, 1.54) is 46.5 Å². The number of fused-ring (bicyclic) bond motifs is 1. The van der Waals surface area contributed by atoms with Gasteiger partial charge in [-0.05, 0) is 51.5 Å². The minimum Gasteiger partial charge on any atom is -0.473 e. The Morgan fingerprint density at radius 2 is 1.95 bits per heavy atom. The molecule has 0 amide bonds. The Morgan fingerprint density at radius 3 is 2.66 bits per heavy atom. The number of halogens is 2. The summed E-state index contributed by atoms with van der Waals surface area (Å²) in [5, 5.41) is 13.8. The second-order valence-corrected chi connectivity index (χ2v) is 10.4. The monoisotopic (exact) mass is 576 g/mol. The van der Waals surface area contributed by atoms with E-state index in [0.29, 0.717) is 21.9 Å². The van der Waals surface area contributed by atoms with Gasteiger partial charge in [-0.3, -0.25) is 14.6 Å². The lowest BCUT2D eigenvalue weighted by Gasteiger charge is -2.20. The predicted molar refractivity (Wildman–Crippen MR) is 154 cm³/mol. The van der Waals surface area contributed by atoms with Gasteiger partial charge in [0, 0.05) is 22.8 Å². The number of rotatable bonds is 8. The first-order valence-electron chi connectivity index (χ1n) is 12.6. The van der Waals surface area contributed by atoms with Crippen molar-refractivity contribution in [1.29, 1.82) is 5.41 Å². The largest absolute Gasteiger partial charge is 0.473 e. The van der Waals surface area contributed by atoms with Gasteiger partial charge >= 0.3 is 0 Å². The quantitative estimate of drug-likeness (QED) is 0.215. The summed E-state index contributed by atoms with van der Waals surface area (Å²) in [6, 6.07) is 6.21. The molecule has 0 aliphatic rings. The molecule has 210 valence electrons. The van der Waals surface area contributed by atoms with Crippen LogP contribution in [0.3, 0.4) is 0 Å². The average molecular weight is 577 g/mol. The molecule has 5 aromatic rings. The molecular formula is C28H26F2N8O2S. The highest BCUT2D eigenvalue weighted by molar-refractivity contribution is 7.15. The lowest BCUT2D eigenvalue weighted by atomic mass is 10.0. The molecule has 0 aliphatic heterocycles. The molecule has 4 aromatic heterocycles. The number of nitrogens with one attached hydrogen (secondary N) is 2. The van der Waals surface area contributed by atoms with E-state index in [9.17, 15) is 13.6 Å². The fourth-order valence-electron chi connectivity index (χ4n) is 4.37. The molecule has 0 unspecified atom stereocenters. The smallest absolute Gasteiger partial charge is 0.266 e. The summed E-state index contributed by atoms with van der Waals surface area (Å²) >= 11 is 1.30. The summed E-state index contributed by atoms with van der Waals surface area (Å²) in [5.41, 5.74) is 7.52. The van der Waals surface area contributed by atoms with Crippen LogP contribution in [0, 0.1) is 24.0 Å². The van der Waals surface area contributed by atoms with Gasteiger partial charge in [0.05, 0.1) is 34.7 Å². The fourth-order valence-corrected chi connectivity index (χ4v) is 5.24. The molecule has 5 rings (SSSR count). The Morgan fingerprint density at radius 1 is 1.17 bits per heavy atom. The minimum atomic E-state index is -0.733. The lowest BCUT2D eigenvalue weighted by molar-refractivity contribution is 0.220. The number of hydrogen-bond acceptors (Lipinski definition) is 10. The highest BCUT2D eigenvalue weighted by atomic mass is 32.1. The zero-order valence-corrected chi connectivity index (χ0v) is 23.4. The number of thiazole rings is 1. The number of nitrogens with two attached hydrogens (primary N) is 1. The third-order valence-corrected chi connectivity index (χ3v) is 7.16. The second-order valence-electron chi connectivity index (χ2n) is 9.58. The third kappa shape index (κ3) is 5.35. The Balaban J connectivity index is 1.58. The van der Waals surface area contributed by atoms with Gasteiger partial charge in [-0.15, -0.1) is 11.3 Å². The van der Waals surface area contributed by atoms with Crippen molar-refractivity contribution in [1.82, 2.24) is 24.3 Å². The van der Waals surface area contributed by atoms with Crippen molar-refractivity contribution in [2.75, 3.05) is 11.1 Å². The zero-order chi connectivity index (χ0) is 29.4. The van der Waals surface area contributed by atoms with Crippen molar-refractivity contribution < 1.29 is 13.5 Å². The van der Waals surface area contributed by atoms with Crippen LogP contribution in [0.4, 0.5) is 20.4 Å². The lowest BCUT2D eigenvalue weighted by Crippen LogP contribution is -2.23. The van der Waals surface area contributed by atoms with Gasteiger partial charge in [0.1, 0.15) is 23.8 Å². The van der Waals surface area contributed by atoms with Crippen LogP contribution in [0.5, 0.6) is 5.88 Å². The predicted octanol–water partition coefficient (Wildman–Crippen LogP) is 5.15. The van der Waals surface area contributed by atoms with Gasteiger partial charge < -0.3 is 15.8 Å². The van der Waals surface area contributed by atoms with Crippen LogP contribution in [0.25, 0.3) is 16.1 Å². The van der Waals surface area contributed by atoms with Crippen LogP contribution in [0.15, 0.2) is 53.0 Å². The fraction of sp³-hybridized carbons (Fsp3) is 0.214. The SMILES string of the molecule is Cc1csc2nc([C@H](C)Nc3ncnc(N)c3C(=N)c3cnc(OC(C)C)c(F)c3)c(-c3cccc(F)c3)c(=O)n12. The summed E-state index contributed by atoms with van der Waals surface area (Å²) in [7, 11) is 0. The van der Waals surface area contributed by atoms with E-state index in [4.69, 9.17) is 20.9 Å². The summed E-state index contributed by atoms with van der Waals surface area (Å²) in [4.78, 5) is 31.2. The normalized spacial score (nSPS) is 12.1. The average Bonchev–Trinajstić information content (AvgIpc) is 3.30. The Labute approximate surface area is 237 Å². The number of anilines is 2. The van der Waals surface area contributed by atoms with Gasteiger partial charge in [0.2, 0.25) is 0 Å². The maximum Gasteiger partial charge on any atom is 0.266 e. The second kappa shape index (κ2) is 11.0. The van der Waals surface area contributed by atoms with Gasteiger partial charge in [-0.1, -0.05) is 12.1 Å². The van der Waals surface area contributed by atoms with Crippen LogP contribution in [0.1, 0.15) is 49.3 Å². The van der Waals surface area contributed by atoms with E-state index in [1.54, 1.807) is 33.8 Å². The van der Waals surface area contributed by atoms with E-state index in [-0.39, 0.29) is 51.6 Å². The van der Waals surface area contributed by atoms with Gasteiger partial charge in [0.25, 0.3) is 11.4 Å². The van der Waals surface area contributed by atoms with Crippen LogP contribution >= 0.6 is 11.3 Å². The van der Waals surface area contributed by atoms with Crippen molar-refractivity contribution in [3.05, 3.63) is 92.7 Å². The molecule has 1 aromatic carbocycles. The summed E-state index contributed by atoms with van der Waals surface area (Å²) in [5.74, 6) is -1.27. The summed E-state index contributed by atoms with van der Waals surface area (Å²) in [6.45, 7) is 7.05. The standard InChI is InChI=1S/C28H26F2N8O2S/c1-13(2)40-26-19(30)9-17(10-33-26)22(31)21-24(32)34-12-35-25(21)36-15(4)23-20(16-6-5-7-18(29)8-16)27(39)38-14(3)11-41-28(38)37-23/h5-13,15,31H,1-4H3,(H3,32,34,35,36)/t15-/m0/s1. The molecule has 4 heterocycles. The topological polar surface area (TPSA) is 144 Å². The molecule has 0 bridgehead atoms. The number of ether oxygens (including phenoxy) is 1. The number of nitrogen functional groups attached to an aromatic ring is 1. The highest BCUT2D eigenvalue weighted by Gasteiger charge is 2.25. The number of nitrogens with zero attached hydrogens (tertiary/aromatic N) is 5. The van der Waals surface area contributed by atoms with Gasteiger partial charge in [-0.25, -0.2) is 28.7 Å². The third-order valence-electron chi connectivity index (χ3n) is 6.21. The van der Waals surface area contributed by atoms with Crippen molar-refractivity contribution in [3.8, 4) is 17.0 Å². The van der Waals surface area contributed by atoms with E-state index < -0.39 is 17.7 Å². The van der Waals surface area contributed by atoms with Crippen LogP contribution < -0.4 is 21.3 Å². The van der Waals surface area contributed by atoms with Crippen molar-refractivity contribution in [3.63, 3.8) is 0 Å². The van der Waals surface area contributed by atoms with Crippen LogP contribution in [-0.4, -0.2) is 36.2 Å². The Kier molecular flexibility index (Phi) is 7.45.